The van der Waals surface area contributed by atoms with E-state index in [0.29, 0.717) is 6.54 Å². The number of carbonyl (C=O) groups excluding carboxylic acids is 1. The minimum Gasteiger partial charge on any atom is -0.496 e. The third kappa shape index (κ3) is 3.55. The van der Waals surface area contributed by atoms with E-state index in [-0.39, 0.29) is 12.5 Å². The van der Waals surface area contributed by atoms with Gasteiger partial charge in [0, 0.05) is 6.54 Å². The van der Waals surface area contributed by atoms with Crippen LogP contribution in [0.2, 0.25) is 0 Å². The minimum atomic E-state index is -0.312. The summed E-state index contributed by atoms with van der Waals surface area (Å²) in [6.07, 6.45) is 0. The molecule has 0 aliphatic rings. The summed E-state index contributed by atoms with van der Waals surface area (Å²) in [5.41, 5.74) is 7.35. The molecule has 0 aliphatic heterocycles. The highest BCUT2D eigenvalue weighted by Gasteiger charge is 2.05. The molecule has 1 aromatic carbocycles. The molecule has 1 amide bonds. The molecule has 0 radical (unpaired) electrons. The number of hydrogen-bond donors (Lipinski definition) is 1. The van der Waals surface area contributed by atoms with Crippen LogP contribution in [0, 0.1) is 6.92 Å². The van der Waals surface area contributed by atoms with Crippen molar-refractivity contribution in [3.05, 3.63) is 29.3 Å². The van der Waals surface area contributed by atoms with Crippen molar-refractivity contribution in [2.75, 3.05) is 20.7 Å². The van der Waals surface area contributed by atoms with Gasteiger partial charge in [-0.15, -0.1) is 0 Å². The molecule has 4 heteroatoms. The lowest BCUT2D eigenvalue weighted by molar-refractivity contribution is -0.118. The van der Waals surface area contributed by atoms with Gasteiger partial charge in [0.25, 0.3) is 0 Å². The SMILES string of the molecule is COc1ccc(CN(C)CC(N)=O)cc1C. The largest absolute Gasteiger partial charge is 0.496 e. The van der Waals surface area contributed by atoms with Gasteiger partial charge in [-0.1, -0.05) is 12.1 Å². The molecule has 0 spiro atoms. The van der Waals surface area contributed by atoms with Crippen LogP contribution in [0.25, 0.3) is 0 Å². The van der Waals surface area contributed by atoms with E-state index in [1.165, 1.54) is 0 Å². The molecular formula is C12H18N2O2. The van der Waals surface area contributed by atoms with Crippen molar-refractivity contribution in [1.82, 2.24) is 4.90 Å². The van der Waals surface area contributed by atoms with Gasteiger partial charge in [0.15, 0.2) is 0 Å². The first-order chi connectivity index (χ1) is 7.52. The quantitative estimate of drug-likeness (QED) is 0.806. The monoisotopic (exact) mass is 222 g/mol. The Morgan fingerprint density at radius 2 is 2.19 bits per heavy atom. The highest BCUT2D eigenvalue weighted by atomic mass is 16.5. The molecule has 2 N–H and O–H groups in total. The van der Waals surface area contributed by atoms with Crippen LogP contribution in [0.1, 0.15) is 11.1 Å². The Morgan fingerprint density at radius 3 is 2.69 bits per heavy atom. The van der Waals surface area contributed by atoms with E-state index in [4.69, 9.17) is 10.5 Å². The number of primary amides is 1. The van der Waals surface area contributed by atoms with Crippen LogP contribution in [-0.4, -0.2) is 31.5 Å². The Hall–Kier alpha value is -1.55. The second kappa shape index (κ2) is 5.51. The zero-order valence-corrected chi connectivity index (χ0v) is 9.99. The number of nitrogens with two attached hydrogens (primary N) is 1. The van der Waals surface area contributed by atoms with Crippen molar-refractivity contribution in [2.45, 2.75) is 13.5 Å². The Labute approximate surface area is 96.0 Å². The number of nitrogens with zero attached hydrogens (tertiary/aromatic N) is 1. The van der Waals surface area contributed by atoms with E-state index in [2.05, 4.69) is 6.07 Å². The summed E-state index contributed by atoms with van der Waals surface area (Å²) < 4.78 is 5.18. The van der Waals surface area contributed by atoms with Crippen molar-refractivity contribution in [1.29, 1.82) is 0 Å². The van der Waals surface area contributed by atoms with Gasteiger partial charge in [0.1, 0.15) is 5.75 Å². The van der Waals surface area contributed by atoms with E-state index in [0.717, 1.165) is 16.9 Å². The van der Waals surface area contributed by atoms with E-state index in [1.54, 1.807) is 7.11 Å². The molecule has 0 bridgehead atoms. The van der Waals surface area contributed by atoms with E-state index in [1.807, 2.05) is 31.0 Å². The highest BCUT2D eigenvalue weighted by Crippen LogP contribution is 2.18. The first-order valence-electron chi connectivity index (χ1n) is 5.13. The smallest absolute Gasteiger partial charge is 0.231 e. The maximum absolute atomic E-state index is 10.7. The number of amides is 1. The van der Waals surface area contributed by atoms with Gasteiger partial charge in [-0.3, -0.25) is 9.69 Å². The normalized spacial score (nSPS) is 10.5. The average Bonchev–Trinajstić information content (AvgIpc) is 2.16. The Balaban J connectivity index is 2.67. The first-order valence-corrected chi connectivity index (χ1v) is 5.13. The van der Waals surface area contributed by atoms with Crippen molar-refractivity contribution in [3.8, 4) is 5.75 Å². The fourth-order valence-electron chi connectivity index (χ4n) is 1.67. The Bertz CT molecular complexity index is 377. The van der Waals surface area contributed by atoms with Crippen LogP contribution in [0.5, 0.6) is 5.75 Å². The summed E-state index contributed by atoms with van der Waals surface area (Å²) in [6.45, 7) is 2.97. The maximum atomic E-state index is 10.7. The van der Waals surface area contributed by atoms with Crippen LogP contribution in [0.15, 0.2) is 18.2 Å². The Kier molecular flexibility index (Phi) is 4.31. The predicted octanol–water partition coefficient (Wildman–Crippen LogP) is 0.921. The fraction of sp³-hybridized carbons (Fsp3) is 0.417. The number of benzene rings is 1. The van der Waals surface area contributed by atoms with Crippen LogP contribution in [-0.2, 0) is 11.3 Å². The summed E-state index contributed by atoms with van der Waals surface area (Å²) in [4.78, 5) is 12.6. The van der Waals surface area contributed by atoms with Crippen LogP contribution < -0.4 is 10.5 Å². The number of hydrogen-bond acceptors (Lipinski definition) is 3. The molecule has 1 rings (SSSR count). The topological polar surface area (TPSA) is 55.6 Å². The van der Waals surface area contributed by atoms with Gasteiger partial charge in [-0.05, 0) is 31.2 Å². The molecule has 1 aromatic rings. The van der Waals surface area contributed by atoms with Gasteiger partial charge in [-0.25, -0.2) is 0 Å². The lowest BCUT2D eigenvalue weighted by Gasteiger charge is -2.15. The van der Waals surface area contributed by atoms with Crippen molar-refractivity contribution < 1.29 is 9.53 Å². The molecule has 0 heterocycles. The van der Waals surface area contributed by atoms with E-state index in [9.17, 15) is 4.79 Å². The molecule has 0 aliphatic carbocycles. The van der Waals surface area contributed by atoms with Gasteiger partial charge in [0.2, 0.25) is 5.91 Å². The van der Waals surface area contributed by atoms with Gasteiger partial charge in [-0.2, -0.15) is 0 Å². The third-order valence-electron chi connectivity index (χ3n) is 2.34. The molecule has 4 nitrogen and oxygen atoms in total. The zero-order valence-electron chi connectivity index (χ0n) is 9.99. The zero-order chi connectivity index (χ0) is 12.1. The summed E-state index contributed by atoms with van der Waals surface area (Å²) in [6, 6.07) is 5.97. The van der Waals surface area contributed by atoms with Crippen LogP contribution in [0.3, 0.4) is 0 Å². The molecule has 0 fully saturated rings. The van der Waals surface area contributed by atoms with Gasteiger partial charge in [0.05, 0.1) is 13.7 Å². The summed E-state index contributed by atoms with van der Waals surface area (Å²) >= 11 is 0. The molecule has 16 heavy (non-hydrogen) atoms. The molecule has 0 atom stereocenters. The lowest BCUT2D eigenvalue weighted by atomic mass is 10.1. The van der Waals surface area contributed by atoms with E-state index < -0.39 is 0 Å². The average molecular weight is 222 g/mol. The molecule has 0 saturated heterocycles. The van der Waals surface area contributed by atoms with Gasteiger partial charge < -0.3 is 10.5 Å². The number of methoxy groups -OCH3 is 1. The minimum absolute atomic E-state index is 0.269. The van der Waals surface area contributed by atoms with Crippen molar-refractivity contribution in [2.24, 2.45) is 5.73 Å². The second-order valence-electron chi connectivity index (χ2n) is 3.94. The number of aryl methyl sites for hydroxylation is 1. The predicted molar refractivity (Wildman–Crippen MR) is 63.3 cm³/mol. The third-order valence-corrected chi connectivity index (χ3v) is 2.34. The summed E-state index contributed by atoms with van der Waals surface area (Å²) in [7, 11) is 3.52. The van der Waals surface area contributed by atoms with Crippen molar-refractivity contribution in [3.63, 3.8) is 0 Å². The molecule has 0 saturated carbocycles. The molecular weight excluding hydrogens is 204 g/mol. The summed E-state index contributed by atoms with van der Waals surface area (Å²) in [5.74, 6) is 0.564. The lowest BCUT2D eigenvalue weighted by Crippen LogP contribution is -2.30. The van der Waals surface area contributed by atoms with Crippen LogP contribution in [0.4, 0.5) is 0 Å². The molecule has 0 aromatic heterocycles. The Morgan fingerprint density at radius 1 is 1.50 bits per heavy atom. The fourth-order valence-corrected chi connectivity index (χ4v) is 1.67. The van der Waals surface area contributed by atoms with Crippen LogP contribution >= 0.6 is 0 Å². The standard InChI is InChI=1S/C12H18N2O2/c1-9-6-10(4-5-11(9)16-3)7-14(2)8-12(13)15/h4-6H,7-8H2,1-3H3,(H2,13,15). The second-order valence-corrected chi connectivity index (χ2v) is 3.94. The number of carbonyl (C=O) groups is 1. The number of ether oxygens (including phenoxy) is 1. The summed E-state index contributed by atoms with van der Waals surface area (Å²) in [5, 5.41) is 0. The number of likely N-dealkylation sites (N-methyl/N-ethyl adjacent to an activating group) is 1. The van der Waals surface area contributed by atoms with Gasteiger partial charge >= 0.3 is 0 Å². The molecule has 88 valence electrons. The molecule has 0 unspecified atom stereocenters. The maximum Gasteiger partial charge on any atom is 0.231 e. The first kappa shape index (κ1) is 12.5. The van der Waals surface area contributed by atoms with Crippen molar-refractivity contribution >= 4 is 5.91 Å². The highest BCUT2D eigenvalue weighted by molar-refractivity contribution is 5.75. The number of rotatable bonds is 5. The van der Waals surface area contributed by atoms with E-state index >= 15 is 0 Å².